The lowest BCUT2D eigenvalue weighted by Gasteiger charge is -2.33. The predicted octanol–water partition coefficient (Wildman–Crippen LogP) is 0.871. The van der Waals surface area contributed by atoms with E-state index in [9.17, 15) is 12.8 Å². The number of aryl methyl sites for hydroxylation is 1. The minimum Gasteiger partial charge on any atom is -0.374 e. The van der Waals surface area contributed by atoms with Crippen molar-refractivity contribution in [1.82, 2.24) is 4.31 Å². The number of hydrogen-bond acceptors (Lipinski definition) is 4. The minimum atomic E-state index is -3.71. The molecule has 0 aliphatic carbocycles. The highest BCUT2D eigenvalue weighted by atomic mass is 32.2. The highest BCUT2D eigenvalue weighted by molar-refractivity contribution is 7.89. The molecule has 1 saturated heterocycles. The Morgan fingerprint density at radius 3 is 2.80 bits per heavy atom. The maximum Gasteiger partial charge on any atom is 0.243 e. The van der Waals surface area contributed by atoms with E-state index in [2.05, 4.69) is 0 Å². The van der Waals surface area contributed by atoms with E-state index in [1.165, 1.54) is 16.4 Å². The van der Waals surface area contributed by atoms with Gasteiger partial charge in [0.2, 0.25) is 10.0 Å². The Hall–Kier alpha value is -1.02. The van der Waals surface area contributed by atoms with Crippen molar-refractivity contribution in [3.8, 4) is 0 Å². The summed E-state index contributed by atoms with van der Waals surface area (Å²) in [6, 6.07) is 3.68. The summed E-state index contributed by atoms with van der Waals surface area (Å²) in [5.74, 6) is -0.525. The largest absolute Gasteiger partial charge is 0.374 e. The van der Waals surface area contributed by atoms with Gasteiger partial charge in [-0.1, -0.05) is 6.07 Å². The van der Waals surface area contributed by atoms with E-state index in [4.69, 9.17) is 10.5 Å². The lowest BCUT2D eigenvalue weighted by molar-refractivity contribution is -0.0120. The van der Waals surface area contributed by atoms with Crippen molar-refractivity contribution >= 4 is 10.0 Å². The highest BCUT2D eigenvalue weighted by Crippen LogP contribution is 2.21. The molecule has 0 saturated carbocycles. The maximum absolute atomic E-state index is 13.6. The van der Waals surface area contributed by atoms with Crippen LogP contribution < -0.4 is 5.73 Å². The van der Waals surface area contributed by atoms with Crippen LogP contribution >= 0.6 is 0 Å². The SMILES string of the molecule is Cc1ccc(S(=O)(=O)N2CCOC(C(C)N)C2)cc1F. The summed E-state index contributed by atoms with van der Waals surface area (Å²) >= 11 is 0. The minimum absolute atomic E-state index is 0.0362. The summed E-state index contributed by atoms with van der Waals surface area (Å²) < 4.78 is 45.3. The van der Waals surface area contributed by atoms with E-state index < -0.39 is 15.8 Å². The first-order valence-corrected chi connectivity index (χ1v) is 7.90. The molecular formula is C13H19FN2O3S. The zero-order valence-electron chi connectivity index (χ0n) is 11.5. The van der Waals surface area contributed by atoms with E-state index in [0.717, 1.165) is 6.07 Å². The van der Waals surface area contributed by atoms with Crippen LogP contribution in [-0.2, 0) is 14.8 Å². The molecule has 2 N–H and O–H groups in total. The Morgan fingerprint density at radius 1 is 1.50 bits per heavy atom. The summed E-state index contributed by atoms with van der Waals surface area (Å²) in [6.07, 6.45) is -0.339. The average molecular weight is 302 g/mol. The number of nitrogens with zero attached hydrogens (tertiary/aromatic N) is 1. The topological polar surface area (TPSA) is 72.6 Å². The van der Waals surface area contributed by atoms with E-state index in [-0.39, 0.29) is 30.1 Å². The molecule has 1 aromatic carbocycles. The molecule has 1 fully saturated rings. The van der Waals surface area contributed by atoms with Crippen LogP contribution in [0, 0.1) is 12.7 Å². The second-order valence-corrected chi connectivity index (χ2v) is 6.98. The normalized spacial score (nSPS) is 22.7. The fourth-order valence-corrected chi connectivity index (χ4v) is 3.52. The van der Waals surface area contributed by atoms with Gasteiger partial charge in [0, 0.05) is 19.1 Å². The molecule has 1 heterocycles. The predicted molar refractivity (Wildman–Crippen MR) is 73.3 cm³/mol. The fourth-order valence-electron chi connectivity index (χ4n) is 2.07. The third kappa shape index (κ3) is 3.01. The zero-order chi connectivity index (χ0) is 14.9. The first-order valence-electron chi connectivity index (χ1n) is 6.46. The molecule has 0 spiro atoms. The Bertz CT molecular complexity index is 589. The van der Waals surface area contributed by atoms with Gasteiger partial charge in [-0.15, -0.1) is 0 Å². The van der Waals surface area contributed by atoms with Gasteiger partial charge in [-0.25, -0.2) is 12.8 Å². The van der Waals surface area contributed by atoms with Crippen LogP contribution in [0.4, 0.5) is 4.39 Å². The summed E-state index contributed by atoms with van der Waals surface area (Å²) in [5.41, 5.74) is 6.16. The molecule has 7 heteroatoms. The third-order valence-corrected chi connectivity index (χ3v) is 5.28. The number of sulfonamides is 1. The number of ether oxygens (including phenoxy) is 1. The van der Waals surface area contributed by atoms with E-state index in [1.54, 1.807) is 13.8 Å². The summed E-state index contributed by atoms with van der Waals surface area (Å²) in [6.45, 7) is 4.09. The summed E-state index contributed by atoms with van der Waals surface area (Å²) in [7, 11) is -3.71. The molecule has 5 nitrogen and oxygen atoms in total. The first kappa shape index (κ1) is 15.4. The number of hydrogen-bond donors (Lipinski definition) is 1. The molecule has 2 unspecified atom stereocenters. The molecule has 1 aliphatic rings. The number of halogens is 1. The molecule has 2 atom stereocenters. The van der Waals surface area contributed by atoms with E-state index in [1.807, 2.05) is 0 Å². The van der Waals surface area contributed by atoms with Crippen molar-refractivity contribution in [2.45, 2.75) is 30.9 Å². The van der Waals surface area contributed by atoms with Crippen LogP contribution in [-0.4, -0.2) is 44.6 Å². The number of morpholine rings is 1. The Kier molecular flexibility index (Phi) is 4.43. The van der Waals surface area contributed by atoms with E-state index >= 15 is 0 Å². The maximum atomic E-state index is 13.6. The molecule has 2 rings (SSSR count). The zero-order valence-corrected chi connectivity index (χ0v) is 12.4. The average Bonchev–Trinajstić information content (AvgIpc) is 2.42. The molecule has 0 amide bonds. The number of nitrogens with two attached hydrogens (primary N) is 1. The monoisotopic (exact) mass is 302 g/mol. The van der Waals surface area contributed by atoms with Crippen molar-refractivity contribution < 1.29 is 17.5 Å². The molecular weight excluding hydrogens is 283 g/mol. The van der Waals surface area contributed by atoms with E-state index in [0.29, 0.717) is 12.2 Å². The van der Waals surface area contributed by atoms with Crippen molar-refractivity contribution in [3.05, 3.63) is 29.6 Å². The first-order chi connectivity index (χ1) is 9.32. The van der Waals surface area contributed by atoms with Gasteiger partial charge in [0.15, 0.2) is 0 Å². The second-order valence-electron chi connectivity index (χ2n) is 5.04. The number of benzene rings is 1. The van der Waals surface area contributed by atoms with Gasteiger partial charge >= 0.3 is 0 Å². The smallest absolute Gasteiger partial charge is 0.243 e. The van der Waals surface area contributed by atoms with Crippen LogP contribution in [0.2, 0.25) is 0 Å². The molecule has 0 bridgehead atoms. The van der Waals surface area contributed by atoms with Crippen molar-refractivity contribution in [2.24, 2.45) is 5.73 Å². The van der Waals surface area contributed by atoms with Gasteiger partial charge in [0.1, 0.15) is 5.82 Å². The van der Waals surface area contributed by atoms with Gasteiger partial charge in [-0.3, -0.25) is 0 Å². The lowest BCUT2D eigenvalue weighted by atomic mass is 10.2. The Balaban J connectivity index is 2.27. The van der Waals surface area contributed by atoms with Crippen LogP contribution in [0.5, 0.6) is 0 Å². The number of rotatable bonds is 3. The standard InChI is InChI=1S/C13H19FN2O3S/c1-9-3-4-11(7-12(9)14)20(17,18)16-5-6-19-13(8-16)10(2)15/h3-4,7,10,13H,5-6,8,15H2,1-2H3. The van der Waals surface area contributed by atoms with Gasteiger partial charge in [-0.2, -0.15) is 4.31 Å². The van der Waals surface area contributed by atoms with Gasteiger partial charge in [0.25, 0.3) is 0 Å². The second kappa shape index (κ2) is 5.77. The highest BCUT2D eigenvalue weighted by Gasteiger charge is 2.32. The molecule has 20 heavy (non-hydrogen) atoms. The lowest BCUT2D eigenvalue weighted by Crippen LogP contribution is -2.51. The van der Waals surface area contributed by atoms with Crippen LogP contribution in [0.3, 0.4) is 0 Å². The Labute approximate surface area is 118 Å². The van der Waals surface area contributed by atoms with Crippen LogP contribution in [0.15, 0.2) is 23.1 Å². The third-order valence-electron chi connectivity index (χ3n) is 3.42. The van der Waals surface area contributed by atoms with Crippen molar-refractivity contribution in [2.75, 3.05) is 19.7 Å². The molecule has 0 aromatic heterocycles. The summed E-state index contributed by atoms with van der Waals surface area (Å²) in [4.78, 5) is -0.0362. The van der Waals surface area contributed by atoms with Gasteiger partial charge in [-0.05, 0) is 31.5 Å². The van der Waals surface area contributed by atoms with Crippen LogP contribution in [0.25, 0.3) is 0 Å². The van der Waals surface area contributed by atoms with Gasteiger partial charge in [0.05, 0.1) is 17.6 Å². The molecule has 0 radical (unpaired) electrons. The molecule has 112 valence electrons. The van der Waals surface area contributed by atoms with Crippen molar-refractivity contribution in [3.63, 3.8) is 0 Å². The van der Waals surface area contributed by atoms with Crippen LogP contribution in [0.1, 0.15) is 12.5 Å². The summed E-state index contributed by atoms with van der Waals surface area (Å²) in [5, 5.41) is 0. The molecule has 1 aliphatic heterocycles. The van der Waals surface area contributed by atoms with Crippen molar-refractivity contribution in [1.29, 1.82) is 0 Å². The molecule has 1 aromatic rings. The Morgan fingerprint density at radius 2 is 2.20 bits per heavy atom. The quantitative estimate of drug-likeness (QED) is 0.899. The van der Waals surface area contributed by atoms with Gasteiger partial charge < -0.3 is 10.5 Å². The fraction of sp³-hybridized carbons (Fsp3) is 0.538.